The van der Waals surface area contributed by atoms with Gasteiger partial charge in [0.15, 0.2) is 0 Å². The molecule has 2 N–H and O–H groups in total. The molecule has 1 fully saturated rings. The molecular weight excluding hydrogens is 156 g/mol. The van der Waals surface area contributed by atoms with Crippen LogP contribution in [0.25, 0.3) is 0 Å². The molecule has 0 radical (unpaired) electrons. The van der Waals surface area contributed by atoms with Gasteiger partial charge in [-0.05, 0) is 12.1 Å². The molecule has 0 saturated carbocycles. The highest BCUT2D eigenvalue weighted by atomic mass is 16.6. The molecule has 3 heteroatoms. The third-order valence-electron chi connectivity index (χ3n) is 1.58. The Hall–Kier alpha value is -1.06. The van der Waals surface area contributed by atoms with Crippen molar-refractivity contribution in [3.8, 4) is 5.75 Å². The van der Waals surface area contributed by atoms with Crippen molar-refractivity contribution in [2.75, 3.05) is 13.2 Å². The molecule has 1 aromatic carbocycles. The minimum Gasteiger partial charge on any atom is -0.491 e. The summed E-state index contributed by atoms with van der Waals surface area (Å²) in [6.07, 6.45) is 0.343. The van der Waals surface area contributed by atoms with Crippen molar-refractivity contribution in [3.63, 3.8) is 0 Å². The molecule has 1 saturated heterocycles. The number of epoxide rings is 1. The average molecular weight is 168 g/mol. The number of benzene rings is 1. The molecule has 1 aromatic rings. The van der Waals surface area contributed by atoms with E-state index >= 15 is 0 Å². The van der Waals surface area contributed by atoms with Crippen LogP contribution >= 0.6 is 0 Å². The predicted molar refractivity (Wildman–Crippen MR) is 45.3 cm³/mol. The zero-order chi connectivity index (χ0) is 7.52. The van der Waals surface area contributed by atoms with Crippen LogP contribution in [0.1, 0.15) is 0 Å². The molecule has 1 aliphatic rings. The fourth-order valence-corrected chi connectivity index (χ4v) is 0.870. The Morgan fingerprint density at radius 1 is 1.33 bits per heavy atom. The van der Waals surface area contributed by atoms with E-state index in [0.717, 1.165) is 12.4 Å². The van der Waals surface area contributed by atoms with Crippen molar-refractivity contribution in [2.45, 2.75) is 6.10 Å². The lowest BCUT2D eigenvalue weighted by Crippen LogP contribution is -2.03. The Labute approximate surface area is 71.2 Å². The summed E-state index contributed by atoms with van der Waals surface area (Å²) in [5, 5.41) is 0. The van der Waals surface area contributed by atoms with Gasteiger partial charge >= 0.3 is 0 Å². The van der Waals surface area contributed by atoms with Crippen LogP contribution in [0.2, 0.25) is 0 Å². The first kappa shape index (κ1) is 9.03. The lowest BCUT2D eigenvalue weighted by molar-refractivity contribution is 0.263. The Balaban J connectivity index is 0.000000720. The Morgan fingerprint density at radius 3 is 2.58 bits per heavy atom. The predicted octanol–water partition coefficient (Wildman–Crippen LogP) is 0.639. The Kier molecular flexibility index (Phi) is 3.08. The van der Waals surface area contributed by atoms with E-state index in [4.69, 9.17) is 9.47 Å². The quantitative estimate of drug-likeness (QED) is 0.622. The van der Waals surface area contributed by atoms with Crippen LogP contribution in [0.5, 0.6) is 5.75 Å². The monoisotopic (exact) mass is 168 g/mol. The van der Waals surface area contributed by atoms with Gasteiger partial charge in [-0.1, -0.05) is 18.2 Å². The van der Waals surface area contributed by atoms with Crippen LogP contribution in [-0.2, 0) is 4.74 Å². The van der Waals surface area contributed by atoms with Crippen LogP contribution in [0, 0.1) is 0 Å². The lowest BCUT2D eigenvalue weighted by Gasteiger charge is -2.01. The van der Waals surface area contributed by atoms with Gasteiger partial charge in [-0.15, -0.1) is 0 Å². The van der Waals surface area contributed by atoms with Gasteiger partial charge in [-0.3, -0.25) is 0 Å². The number of hydrogen-bond donors (Lipinski definition) is 0. The maximum atomic E-state index is 5.40. The summed E-state index contributed by atoms with van der Waals surface area (Å²) in [4.78, 5) is 0. The summed E-state index contributed by atoms with van der Waals surface area (Å²) < 4.78 is 10.4. The topological polar surface area (TPSA) is 53.3 Å². The zero-order valence-electron chi connectivity index (χ0n) is 6.69. The van der Waals surface area contributed by atoms with E-state index in [1.807, 2.05) is 30.3 Å². The van der Waals surface area contributed by atoms with Gasteiger partial charge in [0.1, 0.15) is 18.5 Å². The van der Waals surface area contributed by atoms with E-state index < -0.39 is 0 Å². The first-order valence-corrected chi connectivity index (χ1v) is 3.74. The van der Waals surface area contributed by atoms with E-state index in [9.17, 15) is 0 Å². The van der Waals surface area contributed by atoms with E-state index in [0.29, 0.717) is 12.7 Å². The van der Waals surface area contributed by atoms with Crippen LogP contribution in [-0.4, -0.2) is 24.8 Å². The highest BCUT2D eigenvalue weighted by Crippen LogP contribution is 2.13. The molecule has 1 aliphatic heterocycles. The van der Waals surface area contributed by atoms with Crippen molar-refractivity contribution >= 4 is 0 Å². The van der Waals surface area contributed by atoms with Crippen molar-refractivity contribution < 1.29 is 14.9 Å². The molecule has 1 atom stereocenters. The number of ether oxygens (including phenoxy) is 2. The SMILES string of the molecule is O.c1ccc(OCC2CO2)cc1. The highest BCUT2D eigenvalue weighted by Gasteiger charge is 2.22. The molecule has 0 bridgehead atoms. The average Bonchev–Trinajstić information content (AvgIpc) is 2.86. The molecule has 1 unspecified atom stereocenters. The van der Waals surface area contributed by atoms with Crippen molar-refractivity contribution in [2.24, 2.45) is 0 Å². The van der Waals surface area contributed by atoms with Gasteiger partial charge in [0.05, 0.1) is 6.61 Å². The zero-order valence-corrected chi connectivity index (χ0v) is 6.69. The smallest absolute Gasteiger partial charge is 0.119 e. The van der Waals surface area contributed by atoms with Gasteiger partial charge in [0.2, 0.25) is 0 Å². The summed E-state index contributed by atoms with van der Waals surface area (Å²) in [5.74, 6) is 0.919. The summed E-state index contributed by atoms with van der Waals surface area (Å²) in [6.45, 7) is 1.54. The van der Waals surface area contributed by atoms with Crippen LogP contribution in [0.4, 0.5) is 0 Å². The third-order valence-corrected chi connectivity index (χ3v) is 1.58. The molecule has 3 nitrogen and oxygen atoms in total. The van der Waals surface area contributed by atoms with Gasteiger partial charge in [-0.25, -0.2) is 0 Å². The fourth-order valence-electron chi connectivity index (χ4n) is 0.870. The second-order valence-corrected chi connectivity index (χ2v) is 2.58. The second kappa shape index (κ2) is 4.09. The number of hydrogen-bond acceptors (Lipinski definition) is 2. The van der Waals surface area contributed by atoms with Gasteiger partial charge in [0, 0.05) is 0 Å². The van der Waals surface area contributed by atoms with Crippen LogP contribution in [0.3, 0.4) is 0 Å². The summed E-state index contributed by atoms with van der Waals surface area (Å²) in [5.41, 5.74) is 0. The van der Waals surface area contributed by atoms with Crippen molar-refractivity contribution in [1.29, 1.82) is 0 Å². The number of rotatable bonds is 3. The maximum Gasteiger partial charge on any atom is 0.119 e. The number of para-hydroxylation sites is 1. The van der Waals surface area contributed by atoms with Gasteiger partial charge < -0.3 is 14.9 Å². The first-order valence-electron chi connectivity index (χ1n) is 3.74. The van der Waals surface area contributed by atoms with Crippen molar-refractivity contribution in [3.05, 3.63) is 30.3 Å². The van der Waals surface area contributed by atoms with E-state index in [-0.39, 0.29) is 5.48 Å². The molecule has 66 valence electrons. The van der Waals surface area contributed by atoms with E-state index in [1.54, 1.807) is 0 Å². The lowest BCUT2D eigenvalue weighted by atomic mass is 10.3. The molecular formula is C9H12O3. The summed E-state index contributed by atoms with van der Waals surface area (Å²) in [6, 6.07) is 9.79. The standard InChI is InChI=1S/C9H10O2.H2O/c1-2-4-8(5-3-1)10-6-9-7-11-9;/h1-5,9H,6-7H2;1H2. The molecule has 0 spiro atoms. The molecule has 0 amide bonds. The maximum absolute atomic E-state index is 5.40. The Bertz CT molecular complexity index is 218. The molecule has 12 heavy (non-hydrogen) atoms. The van der Waals surface area contributed by atoms with E-state index in [2.05, 4.69) is 0 Å². The van der Waals surface area contributed by atoms with Gasteiger partial charge in [-0.2, -0.15) is 0 Å². The normalized spacial score (nSPS) is 19.5. The minimum atomic E-state index is 0. The molecule has 2 rings (SSSR count). The molecule has 0 aliphatic carbocycles. The van der Waals surface area contributed by atoms with Crippen LogP contribution < -0.4 is 4.74 Å². The van der Waals surface area contributed by atoms with Gasteiger partial charge in [0.25, 0.3) is 0 Å². The Morgan fingerprint density at radius 2 is 2.00 bits per heavy atom. The summed E-state index contributed by atoms with van der Waals surface area (Å²) in [7, 11) is 0. The largest absolute Gasteiger partial charge is 0.491 e. The third kappa shape index (κ3) is 2.53. The van der Waals surface area contributed by atoms with E-state index in [1.165, 1.54) is 0 Å². The minimum absolute atomic E-state index is 0. The fraction of sp³-hybridized carbons (Fsp3) is 0.333. The molecule has 1 heterocycles. The highest BCUT2D eigenvalue weighted by molar-refractivity contribution is 5.20. The molecule has 0 aromatic heterocycles. The van der Waals surface area contributed by atoms with Crippen molar-refractivity contribution in [1.82, 2.24) is 0 Å². The summed E-state index contributed by atoms with van der Waals surface area (Å²) >= 11 is 0. The van der Waals surface area contributed by atoms with Crippen LogP contribution in [0.15, 0.2) is 30.3 Å². The second-order valence-electron chi connectivity index (χ2n) is 2.58. The first-order chi connectivity index (χ1) is 5.45.